The maximum Gasteiger partial charge on any atom is 0.137 e. The highest BCUT2D eigenvalue weighted by molar-refractivity contribution is 6.32. The van der Waals surface area contributed by atoms with Gasteiger partial charge in [0.2, 0.25) is 0 Å². The molecule has 1 aliphatic rings. The quantitative estimate of drug-likeness (QED) is 0.831. The van der Waals surface area contributed by atoms with E-state index in [9.17, 15) is 5.11 Å². The number of aliphatic hydroxyl groups is 1. The van der Waals surface area contributed by atoms with E-state index in [0.29, 0.717) is 16.7 Å². The molecular formula is C14H17ClO2. The Morgan fingerprint density at radius 3 is 2.88 bits per heavy atom. The molecule has 0 bridgehead atoms. The highest BCUT2D eigenvalue weighted by Gasteiger charge is 2.21. The van der Waals surface area contributed by atoms with Crippen LogP contribution in [0.4, 0.5) is 0 Å². The van der Waals surface area contributed by atoms with E-state index < -0.39 is 6.10 Å². The third-order valence-electron chi connectivity index (χ3n) is 3.27. The van der Waals surface area contributed by atoms with Gasteiger partial charge in [0.25, 0.3) is 0 Å². The van der Waals surface area contributed by atoms with Crippen LogP contribution in [0.15, 0.2) is 30.4 Å². The summed E-state index contributed by atoms with van der Waals surface area (Å²) in [5.74, 6) is 0.917. The molecule has 0 aromatic heterocycles. The van der Waals surface area contributed by atoms with Crippen molar-refractivity contribution in [1.29, 1.82) is 0 Å². The molecule has 1 N–H and O–H groups in total. The third kappa shape index (κ3) is 2.82. The highest BCUT2D eigenvalue weighted by atomic mass is 35.5. The lowest BCUT2D eigenvalue weighted by Gasteiger charge is -2.24. The Labute approximate surface area is 107 Å². The lowest BCUT2D eigenvalue weighted by molar-refractivity contribution is 0.102. The van der Waals surface area contributed by atoms with Gasteiger partial charge in [0.15, 0.2) is 0 Å². The Bertz CT molecular complexity index is 415. The minimum absolute atomic E-state index is 0.297. The van der Waals surface area contributed by atoms with Crippen molar-refractivity contribution in [2.24, 2.45) is 5.92 Å². The van der Waals surface area contributed by atoms with Gasteiger partial charge in [-0.1, -0.05) is 29.8 Å². The number of allylic oxidation sites excluding steroid dienone is 2. The zero-order valence-corrected chi connectivity index (χ0v) is 10.7. The summed E-state index contributed by atoms with van der Waals surface area (Å²) in [6.45, 7) is 0. The largest absolute Gasteiger partial charge is 0.495 e. The van der Waals surface area contributed by atoms with Crippen molar-refractivity contribution in [3.05, 3.63) is 40.9 Å². The summed E-state index contributed by atoms with van der Waals surface area (Å²) >= 11 is 5.97. The number of ether oxygens (including phenoxy) is 1. The highest BCUT2D eigenvalue weighted by Crippen LogP contribution is 2.34. The first-order valence-electron chi connectivity index (χ1n) is 5.89. The van der Waals surface area contributed by atoms with Crippen molar-refractivity contribution < 1.29 is 9.84 Å². The summed E-state index contributed by atoms with van der Waals surface area (Å²) in [6.07, 6.45) is 6.89. The van der Waals surface area contributed by atoms with Crippen LogP contribution in [-0.4, -0.2) is 12.2 Å². The molecule has 0 heterocycles. The predicted molar refractivity (Wildman–Crippen MR) is 69.4 cm³/mol. The van der Waals surface area contributed by atoms with Crippen LogP contribution in [0.1, 0.15) is 30.9 Å². The molecule has 0 fully saturated rings. The molecule has 1 aliphatic carbocycles. The molecule has 0 aliphatic heterocycles. The fraction of sp³-hybridized carbons (Fsp3) is 0.429. The maximum absolute atomic E-state index is 10.3. The minimum atomic E-state index is -0.439. The van der Waals surface area contributed by atoms with Crippen molar-refractivity contribution in [2.45, 2.75) is 25.4 Å². The second-order valence-electron chi connectivity index (χ2n) is 4.38. The second kappa shape index (κ2) is 5.56. The molecule has 2 nitrogen and oxygen atoms in total. The number of hydrogen-bond donors (Lipinski definition) is 1. The van der Waals surface area contributed by atoms with Gasteiger partial charge < -0.3 is 9.84 Å². The van der Waals surface area contributed by atoms with Crippen molar-refractivity contribution in [3.8, 4) is 5.75 Å². The van der Waals surface area contributed by atoms with Gasteiger partial charge in [-0.3, -0.25) is 0 Å². The number of methoxy groups -OCH3 is 1. The smallest absolute Gasteiger partial charge is 0.137 e. The van der Waals surface area contributed by atoms with Crippen molar-refractivity contribution in [3.63, 3.8) is 0 Å². The van der Waals surface area contributed by atoms with E-state index in [1.165, 1.54) is 0 Å². The monoisotopic (exact) mass is 252 g/mol. The number of halogens is 1. The molecule has 0 spiro atoms. The molecule has 1 aromatic rings. The van der Waals surface area contributed by atoms with E-state index in [1.54, 1.807) is 13.2 Å². The molecule has 2 unspecified atom stereocenters. The number of rotatable bonds is 3. The molecule has 0 saturated carbocycles. The number of benzene rings is 1. The zero-order valence-electron chi connectivity index (χ0n) is 9.90. The van der Waals surface area contributed by atoms with Gasteiger partial charge in [0, 0.05) is 0 Å². The molecule has 0 amide bonds. The number of hydrogen-bond acceptors (Lipinski definition) is 2. The van der Waals surface area contributed by atoms with Crippen LogP contribution in [0.25, 0.3) is 0 Å². The molecular weight excluding hydrogens is 236 g/mol. The van der Waals surface area contributed by atoms with Gasteiger partial charge in [-0.05, 0) is 42.9 Å². The van der Waals surface area contributed by atoms with E-state index in [1.807, 2.05) is 12.1 Å². The van der Waals surface area contributed by atoms with E-state index in [4.69, 9.17) is 16.3 Å². The second-order valence-corrected chi connectivity index (χ2v) is 4.79. The summed E-state index contributed by atoms with van der Waals surface area (Å²) in [7, 11) is 1.58. The van der Waals surface area contributed by atoms with E-state index in [-0.39, 0.29) is 0 Å². The van der Waals surface area contributed by atoms with Crippen LogP contribution in [0.3, 0.4) is 0 Å². The Morgan fingerprint density at radius 2 is 2.24 bits per heavy atom. The Kier molecular flexibility index (Phi) is 4.08. The SMILES string of the molecule is COc1cc(C(O)C2CC=CCC2)ccc1Cl. The van der Waals surface area contributed by atoms with Gasteiger partial charge in [-0.25, -0.2) is 0 Å². The van der Waals surface area contributed by atoms with Gasteiger partial charge in [0.05, 0.1) is 18.2 Å². The average molecular weight is 253 g/mol. The Morgan fingerprint density at radius 1 is 1.41 bits per heavy atom. The molecule has 2 atom stereocenters. The Balaban J connectivity index is 2.18. The average Bonchev–Trinajstić information content (AvgIpc) is 2.39. The molecule has 3 heteroatoms. The zero-order chi connectivity index (χ0) is 12.3. The van der Waals surface area contributed by atoms with Crippen molar-refractivity contribution >= 4 is 11.6 Å². The van der Waals surface area contributed by atoms with Gasteiger partial charge >= 0.3 is 0 Å². The standard InChI is InChI=1S/C14H17ClO2/c1-17-13-9-11(7-8-12(13)15)14(16)10-5-3-2-4-6-10/h2-3,7-10,14,16H,4-6H2,1H3. The van der Waals surface area contributed by atoms with Crippen LogP contribution in [0.2, 0.25) is 5.02 Å². The van der Waals surface area contributed by atoms with E-state index >= 15 is 0 Å². The van der Waals surface area contributed by atoms with E-state index in [0.717, 1.165) is 24.8 Å². The van der Waals surface area contributed by atoms with Crippen LogP contribution in [-0.2, 0) is 0 Å². The first-order valence-corrected chi connectivity index (χ1v) is 6.26. The molecule has 17 heavy (non-hydrogen) atoms. The number of aliphatic hydroxyl groups excluding tert-OH is 1. The fourth-order valence-electron chi connectivity index (χ4n) is 2.24. The fourth-order valence-corrected chi connectivity index (χ4v) is 2.43. The van der Waals surface area contributed by atoms with Gasteiger partial charge in [0.1, 0.15) is 5.75 Å². The van der Waals surface area contributed by atoms with Crippen LogP contribution in [0, 0.1) is 5.92 Å². The van der Waals surface area contributed by atoms with Crippen LogP contribution < -0.4 is 4.74 Å². The van der Waals surface area contributed by atoms with Crippen LogP contribution >= 0.6 is 11.6 Å². The first-order chi connectivity index (χ1) is 8.22. The summed E-state index contributed by atoms with van der Waals surface area (Å²) in [4.78, 5) is 0. The van der Waals surface area contributed by atoms with Crippen molar-refractivity contribution in [1.82, 2.24) is 0 Å². The molecule has 1 aromatic carbocycles. The predicted octanol–water partition coefficient (Wildman–Crippen LogP) is 3.74. The lowest BCUT2D eigenvalue weighted by atomic mass is 9.86. The lowest BCUT2D eigenvalue weighted by Crippen LogP contribution is -2.14. The minimum Gasteiger partial charge on any atom is -0.495 e. The Hall–Kier alpha value is -0.990. The molecule has 92 valence electrons. The van der Waals surface area contributed by atoms with Crippen molar-refractivity contribution in [2.75, 3.05) is 7.11 Å². The molecule has 2 rings (SSSR count). The van der Waals surface area contributed by atoms with Gasteiger partial charge in [-0.2, -0.15) is 0 Å². The first kappa shape index (κ1) is 12.5. The summed E-state index contributed by atoms with van der Waals surface area (Å²) in [6, 6.07) is 5.47. The third-order valence-corrected chi connectivity index (χ3v) is 3.59. The van der Waals surface area contributed by atoms with Gasteiger partial charge in [-0.15, -0.1) is 0 Å². The summed E-state index contributed by atoms with van der Waals surface area (Å²) in [5.41, 5.74) is 0.881. The maximum atomic E-state index is 10.3. The molecule has 0 radical (unpaired) electrons. The topological polar surface area (TPSA) is 29.5 Å². The van der Waals surface area contributed by atoms with Crippen LogP contribution in [0.5, 0.6) is 5.75 Å². The van der Waals surface area contributed by atoms with E-state index in [2.05, 4.69) is 12.2 Å². The summed E-state index contributed by atoms with van der Waals surface area (Å²) < 4.78 is 5.17. The normalized spacial score (nSPS) is 21.2. The molecule has 0 saturated heterocycles. The summed E-state index contributed by atoms with van der Waals surface area (Å²) in [5, 5.41) is 10.9.